The first kappa shape index (κ1) is 14.0. The number of hydrogen-bond donors (Lipinski definition) is 4. The maximum absolute atomic E-state index is 11.0. The predicted octanol–water partition coefficient (Wildman–Crippen LogP) is 1.19. The van der Waals surface area contributed by atoms with Gasteiger partial charge in [-0.05, 0) is 26.8 Å². The SMILES string of the molecule is N=Cc1ccc(C(O)(O[P+](=O)O)[P+](=O)O)cc1. The van der Waals surface area contributed by atoms with E-state index >= 15 is 0 Å². The van der Waals surface area contributed by atoms with Crippen LogP contribution in [0.2, 0.25) is 0 Å². The highest BCUT2D eigenvalue weighted by Crippen LogP contribution is 2.47. The zero-order chi connectivity index (χ0) is 13.1. The highest BCUT2D eigenvalue weighted by atomic mass is 31.1. The van der Waals surface area contributed by atoms with Crippen LogP contribution in [0.5, 0.6) is 0 Å². The van der Waals surface area contributed by atoms with Crippen molar-refractivity contribution in [2.75, 3.05) is 0 Å². The third-order valence-corrected chi connectivity index (χ3v) is 3.35. The van der Waals surface area contributed by atoms with Gasteiger partial charge < -0.3 is 10.5 Å². The summed E-state index contributed by atoms with van der Waals surface area (Å²) in [4.78, 5) is 17.5. The Balaban J connectivity index is 3.17. The van der Waals surface area contributed by atoms with E-state index in [-0.39, 0.29) is 5.56 Å². The van der Waals surface area contributed by atoms with E-state index < -0.39 is 21.8 Å². The Labute approximate surface area is 98.0 Å². The Morgan fingerprint density at radius 2 is 1.76 bits per heavy atom. The van der Waals surface area contributed by atoms with Gasteiger partial charge in [-0.15, -0.1) is 4.89 Å². The van der Waals surface area contributed by atoms with Gasteiger partial charge in [0.05, 0.1) is 5.56 Å². The van der Waals surface area contributed by atoms with Crippen LogP contribution in [0, 0.1) is 5.41 Å². The molecule has 1 aromatic carbocycles. The molecule has 0 aromatic heterocycles. The van der Waals surface area contributed by atoms with Crippen LogP contribution >= 0.6 is 16.3 Å². The summed E-state index contributed by atoms with van der Waals surface area (Å²) in [5.74, 6) is 0. The molecule has 3 atom stereocenters. The average molecular weight is 277 g/mol. The van der Waals surface area contributed by atoms with Gasteiger partial charge >= 0.3 is 21.8 Å². The molecule has 0 saturated carbocycles. The van der Waals surface area contributed by atoms with Crippen molar-refractivity contribution in [2.24, 2.45) is 0 Å². The second-order valence-corrected chi connectivity index (χ2v) is 4.79. The highest BCUT2D eigenvalue weighted by molar-refractivity contribution is 7.40. The molecule has 0 aliphatic carbocycles. The molecular formula is C8H9NO6P2+2. The van der Waals surface area contributed by atoms with Gasteiger partial charge in [-0.3, -0.25) is 0 Å². The van der Waals surface area contributed by atoms with Crippen molar-refractivity contribution in [2.45, 2.75) is 5.53 Å². The first-order chi connectivity index (χ1) is 7.90. The smallest absolute Gasteiger partial charge is 0.317 e. The molecule has 3 unspecified atom stereocenters. The zero-order valence-corrected chi connectivity index (χ0v) is 10.1. The van der Waals surface area contributed by atoms with Gasteiger partial charge in [-0.2, -0.15) is 4.89 Å². The predicted molar refractivity (Wildman–Crippen MR) is 59.0 cm³/mol. The molecule has 0 fully saturated rings. The van der Waals surface area contributed by atoms with Crippen LogP contribution in [0.1, 0.15) is 11.1 Å². The monoisotopic (exact) mass is 277 g/mol. The van der Waals surface area contributed by atoms with Gasteiger partial charge in [0.25, 0.3) is 0 Å². The van der Waals surface area contributed by atoms with Gasteiger partial charge in [0.1, 0.15) is 0 Å². The lowest BCUT2D eigenvalue weighted by Crippen LogP contribution is -2.22. The minimum Gasteiger partial charge on any atom is -0.317 e. The molecular weight excluding hydrogens is 268 g/mol. The van der Waals surface area contributed by atoms with Gasteiger partial charge in [-0.25, -0.2) is 0 Å². The molecule has 0 amide bonds. The summed E-state index contributed by atoms with van der Waals surface area (Å²) in [7, 11) is -6.53. The summed E-state index contributed by atoms with van der Waals surface area (Å²) in [5, 5.41) is 16.7. The van der Waals surface area contributed by atoms with Crippen LogP contribution in [-0.2, 0) is 19.2 Å². The number of hydrogen-bond acceptors (Lipinski definition) is 5. The van der Waals surface area contributed by atoms with Crippen molar-refractivity contribution in [1.29, 1.82) is 5.41 Å². The Hall–Kier alpha value is -1.07. The third-order valence-electron chi connectivity index (χ3n) is 1.92. The molecule has 4 N–H and O–H groups in total. The molecule has 0 spiro atoms. The topological polar surface area (TPSA) is 128 Å². The summed E-state index contributed by atoms with van der Waals surface area (Å²) in [6, 6.07) is 5.23. The first-order valence-corrected chi connectivity index (χ1v) is 6.59. The summed E-state index contributed by atoms with van der Waals surface area (Å²) in [6.45, 7) is 0. The molecule has 1 aromatic rings. The lowest BCUT2D eigenvalue weighted by Gasteiger charge is -2.07. The molecule has 7 nitrogen and oxygen atoms in total. The van der Waals surface area contributed by atoms with Crippen LogP contribution in [0.4, 0.5) is 0 Å². The quantitative estimate of drug-likeness (QED) is 0.363. The van der Waals surface area contributed by atoms with Gasteiger partial charge in [0.15, 0.2) is 0 Å². The largest absolute Gasteiger partial charge is 0.702 e. The first-order valence-electron chi connectivity index (χ1n) is 4.25. The van der Waals surface area contributed by atoms with Gasteiger partial charge in [-0.1, -0.05) is 12.1 Å². The number of rotatable bonds is 5. The normalized spacial score (nSPS) is 15.9. The van der Waals surface area contributed by atoms with Gasteiger partial charge in [0.2, 0.25) is 0 Å². The summed E-state index contributed by atoms with van der Waals surface area (Å²) in [6.07, 6.45) is 1.04. The standard InChI is InChI=1S/C8H7NO6P2/c9-5-6-1-3-7(4-2-6)8(10,16(11)12)15-17(13)14/h1-5,9-10H/p+2. The molecule has 0 aliphatic rings. The van der Waals surface area contributed by atoms with Crippen LogP contribution in [0.25, 0.3) is 0 Å². The Morgan fingerprint density at radius 1 is 1.24 bits per heavy atom. The fourth-order valence-corrected chi connectivity index (χ4v) is 2.29. The van der Waals surface area contributed by atoms with E-state index in [0.29, 0.717) is 5.56 Å². The molecule has 0 aliphatic heterocycles. The van der Waals surface area contributed by atoms with Crippen molar-refractivity contribution in [3.05, 3.63) is 35.4 Å². The molecule has 9 heteroatoms. The molecule has 90 valence electrons. The van der Waals surface area contributed by atoms with Crippen LogP contribution in [0.3, 0.4) is 0 Å². The lowest BCUT2D eigenvalue weighted by atomic mass is 10.1. The van der Waals surface area contributed by atoms with E-state index in [1.54, 1.807) is 0 Å². The third kappa shape index (κ3) is 3.20. The second-order valence-electron chi connectivity index (χ2n) is 2.98. The van der Waals surface area contributed by atoms with Crippen molar-refractivity contribution in [1.82, 2.24) is 0 Å². The molecule has 17 heavy (non-hydrogen) atoms. The van der Waals surface area contributed by atoms with Crippen molar-refractivity contribution >= 4 is 22.5 Å². The lowest BCUT2D eigenvalue weighted by molar-refractivity contribution is -0.0741. The van der Waals surface area contributed by atoms with E-state index in [1.807, 2.05) is 0 Å². The molecule has 0 bridgehead atoms. The van der Waals surface area contributed by atoms with Crippen molar-refractivity contribution in [3.63, 3.8) is 0 Å². The van der Waals surface area contributed by atoms with E-state index in [1.165, 1.54) is 24.3 Å². The number of aliphatic hydroxyl groups is 1. The van der Waals surface area contributed by atoms with Crippen LogP contribution in [0.15, 0.2) is 24.3 Å². The highest BCUT2D eigenvalue weighted by Gasteiger charge is 2.59. The molecule has 0 heterocycles. The molecule has 0 saturated heterocycles. The van der Waals surface area contributed by atoms with E-state index in [2.05, 4.69) is 4.52 Å². The van der Waals surface area contributed by atoms with E-state index in [0.717, 1.165) is 6.21 Å². The van der Waals surface area contributed by atoms with E-state index in [9.17, 15) is 14.2 Å². The zero-order valence-electron chi connectivity index (χ0n) is 8.35. The van der Waals surface area contributed by atoms with E-state index in [4.69, 9.17) is 15.2 Å². The van der Waals surface area contributed by atoms with Crippen molar-refractivity contribution in [3.8, 4) is 0 Å². The Morgan fingerprint density at radius 3 is 2.12 bits per heavy atom. The van der Waals surface area contributed by atoms with Crippen LogP contribution < -0.4 is 0 Å². The average Bonchev–Trinajstić information content (AvgIpc) is 2.28. The van der Waals surface area contributed by atoms with Crippen LogP contribution in [-0.4, -0.2) is 21.1 Å². The van der Waals surface area contributed by atoms with Crippen molar-refractivity contribution < 1.29 is 28.5 Å². The maximum atomic E-state index is 11.0. The summed E-state index contributed by atoms with van der Waals surface area (Å²) in [5.41, 5.74) is -2.39. The number of benzene rings is 1. The maximum Gasteiger partial charge on any atom is 0.702 e. The fraction of sp³-hybridized carbons (Fsp3) is 0.125. The van der Waals surface area contributed by atoms with Gasteiger partial charge in [0, 0.05) is 10.8 Å². The molecule has 1 rings (SSSR count). The Bertz CT molecular complexity index is 462. The summed E-state index contributed by atoms with van der Waals surface area (Å²) >= 11 is 0. The summed E-state index contributed by atoms with van der Waals surface area (Å²) < 4.78 is 25.7. The second kappa shape index (κ2) is 5.51. The molecule has 0 radical (unpaired) electrons. The fourth-order valence-electron chi connectivity index (χ4n) is 1.10. The minimum absolute atomic E-state index is 0.149. The minimum atomic E-state index is -3.29. The Kier molecular flexibility index (Phi) is 4.54. The number of nitrogens with one attached hydrogen (secondary N) is 1.